The van der Waals surface area contributed by atoms with E-state index in [-0.39, 0.29) is 0 Å². The van der Waals surface area contributed by atoms with E-state index < -0.39 is 0 Å². The average Bonchev–Trinajstić information content (AvgIpc) is 2.35. The Morgan fingerprint density at radius 1 is 0.875 bits per heavy atom. The zero-order valence-electron chi connectivity index (χ0n) is 5.72. The van der Waals surface area contributed by atoms with Crippen molar-refractivity contribution >= 4 is 0 Å². The van der Waals surface area contributed by atoms with Crippen molar-refractivity contribution in [1.29, 1.82) is 0 Å². The van der Waals surface area contributed by atoms with Crippen molar-refractivity contribution in [3.8, 4) is 0 Å². The fourth-order valence-corrected chi connectivity index (χ4v) is 2.48. The molecule has 4 atom stereocenters. The average molecular weight is 110 g/mol. The summed E-state index contributed by atoms with van der Waals surface area (Å²) >= 11 is 0. The third-order valence-corrected chi connectivity index (χ3v) is 3.10. The summed E-state index contributed by atoms with van der Waals surface area (Å²) in [5, 5.41) is 0. The van der Waals surface area contributed by atoms with E-state index in [2.05, 4.69) is 13.8 Å². The van der Waals surface area contributed by atoms with Gasteiger partial charge in [0.2, 0.25) is 0 Å². The Hall–Kier alpha value is 0. The van der Waals surface area contributed by atoms with Crippen molar-refractivity contribution < 1.29 is 0 Å². The van der Waals surface area contributed by atoms with Crippen molar-refractivity contribution in [2.45, 2.75) is 26.7 Å². The van der Waals surface area contributed by atoms with E-state index in [1.165, 1.54) is 6.42 Å². The molecule has 46 valence electrons. The van der Waals surface area contributed by atoms with E-state index in [0.717, 1.165) is 23.7 Å². The van der Waals surface area contributed by atoms with Gasteiger partial charge in [0.25, 0.3) is 0 Å². The molecule has 0 heterocycles. The van der Waals surface area contributed by atoms with Crippen LogP contribution >= 0.6 is 0 Å². The predicted octanol–water partition coefficient (Wildman–Crippen LogP) is 2.30. The number of fused-ring (bicyclic) bond motifs is 1. The van der Waals surface area contributed by atoms with Crippen LogP contribution in [0.1, 0.15) is 26.7 Å². The van der Waals surface area contributed by atoms with Gasteiger partial charge in [-0.05, 0) is 36.5 Å². The summed E-state index contributed by atoms with van der Waals surface area (Å²) in [4.78, 5) is 0. The van der Waals surface area contributed by atoms with E-state index in [1.807, 2.05) is 0 Å². The Labute approximate surface area is 51.3 Å². The summed E-state index contributed by atoms with van der Waals surface area (Å²) in [6, 6.07) is 0. The molecule has 0 amide bonds. The highest BCUT2D eigenvalue weighted by atomic mass is 14.5. The van der Waals surface area contributed by atoms with Crippen LogP contribution in [0.15, 0.2) is 0 Å². The van der Waals surface area contributed by atoms with Gasteiger partial charge in [-0.25, -0.2) is 0 Å². The normalized spacial score (nSPS) is 60.8. The summed E-state index contributed by atoms with van der Waals surface area (Å²) in [5.74, 6) is 4.44. The lowest BCUT2D eigenvalue weighted by atomic mass is 10.0. The minimum absolute atomic E-state index is 1.06. The molecule has 0 nitrogen and oxygen atoms in total. The maximum atomic E-state index is 2.41. The van der Waals surface area contributed by atoms with Crippen LogP contribution in [0.25, 0.3) is 0 Å². The van der Waals surface area contributed by atoms with Crippen molar-refractivity contribution in [2.24, 2.45) is 23.7 Å². The van der Waals surface area contributed by atoms with Crippen molar-refractivity contribution in [1.82, 2.24) is 0 Å². The molecule has 2 aliphatic carbocycles. The summed E-state index contributed by atoms with van der Waals surface area (Å²) in [6.07, 6.45) is 3.07. The highest BCUT2D eigenvalue weighted by Crippen LogP contribution is 2.58. The summed E-state index contributed by atoms with van der Waals surface area (Å²) in [5.41, 5.74) is 0. The maximum Gasteiger partial charge on any atom is -0.0354 e. The lowest BCUT2D eigenvalue weighted by molar-refractivity contribution is 0.463. The molecule has 0 bridgehead atoms. The molecule has 0 N–H and O–H groups in total. The van der Waals surface area contributed by atoms with Gasteiger partial charge in [0, 0.05) is 0 Å². The van der Waals surface area contributed by atoms with Crippen molar-refractivity contribution in [2.75, 3.05) is 0 Å². The monoisotopic (exact) mass is 110 g/mol. The number of hydrogen-bond acceptors (Lipinski definition) is 0. The SMILES string of the molecule is CC1C[C@@H](C)C2CC12. The number of rotatable bonds is 0. The first kappa shape index (κ1) is 4.84. The van der Waals surface area contributed by atoms with Gasteiger partial charge in [0.15, 0.2) is 0 Å². The molecular weight excluding hydrogens is 96.1 g/mol. The molecule has 0 saturated heterocycles. The second-order valence-corrected chi connectivity index (χ2v) is 3.75. The predicted molar refractivity (Wildman–Crippen MR) is 34.5 cm³/mol. The molecule has 2 rings (SSSR count). The van der Waals surface area contributed by atoms with Crippen LogP contribution in [0, 0.1) is 23.7 Å². The van der Waals surface area contributed by atoms with Gasteiger partial charge in [-0.2, -0.15) is 0 Å². The molecule has 3 unspecified atom stereocenters. The second-order valence-electron chi connectivity index (χ2n) is 3.75. The second kappa shape index (κ2) is 1.29. The smallest absolute Gasteiger partial charge is 0.0354 e. The summed E-state index contributed by atoms with van der Waals surface area (Å²) in [6.45, 7) is 4.82. The molecule has 2 saturated carbocycles. The summed E-state index contributed by atoms with van der Waals surface area (Å²) in [7, 11) is 0. The molecule has 0 aromatic carbocycles. The Kier molecular flexibility index (Phi) is 0.778. The maximum absolute atomic E-state index is 2.41. The van der Waals surface area contributed by atoms with E-state index in [1.54, 1.807) is 6.42 Å². The zero-order chi connectivity index (χ0) is 5.72. The molecule has 0 heteroatoms. The lowest BCUT2D eigenvalue weighted by Crippen LogP contribution is -1.94. The minimum Gasteiger partial charge on any atom is -0.0622 e. The largest absolute Gasteiger partial charge is 0.0622 e. The Bertz CT molecular complexity index is 90.6. The van der Waals surface area contributed by atoms with Crippen LogP contribution < -0.4 is 0 Å². The number of hydrogen-bond donors (Lipinski definition) is 0. The molecule has 8 heavy (non-hydrogen) atoms. The van der Waals surface area contributed by atoms with Gasteiger partial charge in [0.05, 0.1) is 0 Å². The summed E-state index contributed by atoms with van der Waals surface area (Å²) < 4.78 is 0. The van der Waals surface area contributed by atoms with Crippen LogP contribution in [0.4, 0.5) is 0 Å². The lowest BCUT2D eigenvalue weighted by Gasteiger charge is -2.04. The van der Waals surface area contributed by atoms with Crippen LogP contribution in [-0.4, -0.2) is 0 Å². The molecule has 0 aliphatic heterocycles. The van der Waals surface area contributed by atoms with Gasteiger partial charge in [-0.1, -0.05) is 13.8 Å². The third-order valence-electron chi connectivity index (χ3n) is 3.10. The minimum atomic E-state index is 1.06. The Balaban J connectivity index is 2.09. The Morgan fingerprint density at radius 2 is 1.38 bits per heavy atom. The first-order valence-corrected chi connectivity index (χ1v) is 3.79. The van der Waals surface area contributed by atoms with Crippen LogP contribution in [0.5, 0.6) is 0 Å². The molecule has 2 fully saturated rings. The van der Waals surface area contributed by atoms with E-state index in [9.17, 15) is 0 Å². The van der Waals surface area contributed by atoms with Gasteiger partial charge in [0.1, 0.15) is 0 Å². The fraction of sp³-hybridized carbons (Fsp3) is 1.00. The third kappa shape index (κ3) is 0.463. The first-order valence-electron chi connectivity index (χ1n) is 3.79. The van der Waals surface area contributed by atoms with Gasteiger partial charge < -0.3 is 0 Å². The molecular formula is C8H14. The molecule has 0 aromatic rings. The van der Waals surface area contributed by atoms with E-state index >= 15 is 0 Å². The highest BCUT2D eigenvalue weighted by Gasteiger charge is 2.50. The van der Waals surface area contributed by atoms with Crippen LogP contribution in [-0.2, 0) is 0 Å². The molecule has 2 aliphatic rings. The highest BCUT2D eigenvalue weighted by molar-refractivity contribution is 4.99. The van der Waals surface area contributed by atoms with Gasteiger partial charge in [-0.15, -0.1) is 0 Å². The van der Waals surface area contributed by atoms with E-state index in [4.69, 9.17) is 0 Å². The van der Waals surface area contributed by atoms with Crippen molar-refractivity contribution in [3.05, 3.63) is 0 Å². The van der Waals surface area contributed by atoms with Crippen molar-refractivity contribution in [3.63, 3.8) is 0 Å². The van der Waals surface area contributed by atoms with Gasteiger partial charge >= 0.3 is 0 Å². The van der Waals surface area contributed by atoms with E-state index in [0.29, 0.717) is 0 Å². The fourth-order valence-electron chi connectivity index (χ4n) is 2.48. The first-order chi connectivity index (χ1) is 3.79. The Morgan fingerprint density at radius 3 is 1.50 bits per heavy atom. The van der Waals surface area contributed by atoms with Gasteiger partial charge in [-0.3, -0.25) is 0 Å². The zero-order valence-corrected chi connectivity index (χ0v) is 5.72. The van der Waals surface area contributed by atoms with Crippen LogP contribution in [0.2, 0.25) is 0 Å². The standard InChI is InChI=1S/C8H14/c1-5-3-6(2)8-4-7(5)8/h5-8H,3-4H2,1-2H3/t5-,6?,7?,8?/m1/s1. The molecule has 0 radical (unpaired) electrons. The van der Waals surface area contributed by atoms with Crippen LogP contribution in [0.3, 0.4) is 0 Å². The topological polar surface area (TPSA) is 0 Å². The quantitative estimate of drug-likeness (QED) is 0.449. The molecule has 0 aromatic heterocycles. The molecule has 0 spiro atoms.